The molecule has 0 amide bonds. The molecule has 5 heteroatoms. The summed E-state index contributed by atoms with van der Waals surface area (Å²) in [7, 11) is 0. The fraction of sp³-hybridized carbons (Fsp3) is 0.0769. The van der Waals surface area contributed by atoms with E-state index >= 15 is 0 Å². The fourth-order valence-corrected chi connectivity index (χ4v) is 2.60. The molecule has 18 heavy (non-hydrogen) atoms. The zero-order valence-electron chi connectivity index (χ0n) is 9.58. The van der Waals surface area contributed by atoms with Crippen LogP contribution in [0.2, 0.25) is 0 Å². The number of rotatable bonds is 4. The Bertz CT molecular complexity index is 558. The molecule has 4 nitrogen and oxygen atoms in total. The van der Waals surface area contributed by atoms with Crippen LogP contribution in [-0.2, 0) is 5.75 Å². The van der Waals surface area contributed by atoms with E-state index in [1.807, 2.05) is 30.3 Å². The predicted octanol–water partition coefficient (Wildman–Crippen LogP) is 3.47. The van der Waals surface area contributed by atoms with Gasteiger partial charge in [0, 0.05) is 5.75 Å². The highest BCUT2D eigenvalue weighted by molar-refractivity contribution is 7.98. The van der Waals surface area contributed by atoms with E-state index in [1.54, 1.807) is 18.2 Å². The molecule has 2 N–H and O–H groups in total. The molecule has 92 valence electrons. The van der Waals surface area contributed by atoms with Crippen LogP contribution in [0.4, 0.5) is 11.4 Å². The third-order valence-corrected chi connectivity index (χ3v) is 3.57. The van der Waals surface area contributed by atoms with Crippen molar-refractivity contribution in [3.05, 3.63) is 64.2 Å². The Morgan fingerprint density at radius 3 is 2.50 bits per heavy atom. The zero-order valence-corrected chi connectivity index (χ0v) is 10.4. The topological polar surface area (TPSA) is 69.2 Å². The van der Waals surface area contributed by atoms with Crippen LogP contribution in [0.3, 0.4) is 0 Å². The second-order valence-corrected chi connectivity index (χ2v) is 4.74. The number of hydrogen-bond acceptors (Lipinski definition) is 4. The van der Waals surface area contributed by atoms with Crippen LogP contribution in [0, 0.1) is 10.1 Å². The van der Waals surface area contributed by atoms with Gasteiger partial charge in [-0.05, 0) is 17.7 Å². The van der Waals surface area contributed by atoms with Crippen LogP contribution in [0.15, 0.2) is 53.4 Å². The Labute approximate surface area is 109 Å². The van der Waals surface area contributed by atoms with Crippen LogP contribution in [0.25, 0.3) is 0 Å². The number of nitrogens with zero attached hydrogens (tertiary/aromatic N) is 1. The molecule has 0 heterocycles. The molecule has 0 saturated heterocycles. The van der Waals surface area contributed by atoms with Crippen molar-refractivity contribution < 1.29 is 4.92 Å². The summed E-state index contributed by atoms with van der Waals surface area (Å²) in [6.45, 7) is 0. The summed E-state index contributed by atoms with van der Waals surface area (Å²) in [6, 6.07) is 14.8. The van der Waals surface area contributed by atoms with Crippen molar-refractivity contribution in [2.24, 2.45) is 0 Å². The van der Waals surface area contributed by atoms with Gasteiger partial charge in [0.25, 0.3) is 0 Å². The van der Waals surface area contributed by atoms with E-state index in [-0.39, 0.29) is 11.4 Å². The molecule has 2 rings (SSSR count). The Kier molecular flexibility index (Phi) is 3.84. The van der Waals surface area contributed by atoms with Crippen molar-refractivity contribution in [1.29, 1.82) is 0 Å². The molecule has 0 atom stereocenters. The molecule has 0 fully saturated rings. The van der Waals surface area contributed by atoms with E-state index in [2.05, 4.69) is 0 Å². The van der Waals surface area contributed by atoms with Crippen molar-refractivity contribution in [3.8, 4) is 0 Å². The zero-order chi connectivity index (χ0) is 13.0. The van der Waals surface area contributed by atoms with E-state index in [0.717, 1.165) is 5.56 Å². The van der Waals surface area contributed by atoms with Gasteiger partial charge in [0.05, 0.1) is 9.82 Å². The van der Waals surface area contributed by atoms with Crippen molar-refractivity contribution >= 4 is 23.1 Å². The highest BCUT2D eigenvalue weighted by Gasteiger charge is 2.17. The Balaban J connectivity index is 2.20. The summed E-state index contributed by atoms with van der Waals surface area (Å²) in [4.78, 5) is 11.1. The van der Waals surface area contributed by atoms with Gasteiger partial charge < -0.3 is 5.73 Å². The Morgan fingerprint density at radius 2 is 1.83 bits per heavy atom. The number of nitrogens with two attached hydrogens (primary N) is 1. The lowest BCUT2D eigenvalue weighted by molar-refractivity contribution is -0.386. The summed E-state index contributed by atoms with van der Waals surface area (Å²) < 4.78 is 0. The van der Waals surface area contributed by atoms with Crippen molar-refractivity contribution in [3.63, 3.8) is 0 Å². The van der Waals surface area contributed by atoms with Crippen molar-refractivity contribution in [2.75, 3.05) is 5.73 Å². The third kappa shape index (κ3) is 2.81. The minimum absolute atomic E-state index is 0.00145. The van der Waals surface area contributed by atoms with Gasteiger partial charge in [-0.25, -0.2) is 0 Å². The lowest BCUT2D eigenvalue weighted by Crippen LogP contribution is -1.97. The average molecular weight is 260 g/mol. The largest absolute Gasteiger partial charge is 0.393 e. The van der Waals surface area contributed by atoms with Crippen LogP contribution in [-0.4, -0.2) is 4.92 Å². The van der Waals surface area contributed by atoms with E-state index in [0.29, 0.717) is 10.6 Å². The summed E-state index contributed by atoms with van der Waals surface area (Å²) in [5.41, 5.74) is 6.97. The predicted molar refractivity (Wildman–Crippen MR) is 73.5 cm³/mol. The van der Waals surface area contributed by atoms with Crippen LogP contribution in [0.5, 0.6) is 0 Å². The average Bonchev–Trinajstić information content (AvgIpc) is 2.37. The minimum atomic E-state index is -0.428. The maximum absolute atomic E-state index is 11.0. The van der Waals surface area contributed by atoms with Gasteiger partial charge in [0.15, 0.2) is 0 Å². The molecule has 0 unspecified atom stereocenters. The molecule has 0 aliphatic heterocycles. The molecule has 0 spiro atoms. The maximum atomic E-state index is 11.0. The normalized spacial score (nSPS) is 10.2. The van der Waals surface area contributed by atoms with Gasteiger partial charge in [-0.3, -0.25) is 10.1 Å². The second-order valence-electron chi connectivity index (χ2n) is 3.73. The number of hydrogen-bond donors (Lipinski definition) is 1. The van der Waals surface area contributed by atoms with Crippen molar-refractivity contribution in [2.45, 2.75) is 10.6 Å². The van der Waals surface area contributed by atoms with Crippen LogP contribution < -0.4 is 5.73 Å². The number of nitro groups is 1. The van der Waals surface area contributed by atoms with Gasteiger partial charge in [-0.15, -0.1) is 11.8 Å². The van der Waals surface area contributed by atoms with Crippen LogP contribution in [0.1, 0.15) is 5.56 Å². The van der Waals surface area contributed by atoms with Crippen LogP contribution >= 0.6 is 11.8 Å². The van der Waals surface area contributed by atoms with E-state index < -0.39 is 4.92 Å². The number of anilines is 1. The molecule has 0 saturated carbocycles. The molecule has 0 aromatic heterocycles. The van der Waals surface area contributed by atoms with Gasteiger partial charge in [-0.2, -0.15) is 0 Å². The SMILES string of the molecule is Nc1cccc(SCc2ccccc2)c1[N+](=O)[O-]. The second kappa shape index (κ2) is 5.55. The first-order valence-electron chi connectivity index (χ1n) is 5.38. The number of benzene rings is 2. The molecule has 2 aromatic carbocycles. The number of para-hydroxylation sites is 1. The molecule has 2 aromatic rings. The van der Waals surface area contributed by atoms with E-state index in [9.17, 15) is 10.1 Å². The number of nitrogen functional groups attached to an aromatic ring is 1. The highest BCUT2D eigenvalue weighted by atomic mass is 32.2. The number of nitro benzene ring substituents is 1. The van der Waals surface area contributed by atoms with Gasteiger partial charge >= 0.3 is 5.69 Å². The smallest absolute Gasteiger partial charge is 0.305 e. The molecular formula is C13H12N2O2S. The highest BCUT2D eigenvalue weighted by Crippen LogP contribution is 2.35. The Hall–Kier alpha value is -2.01. The lowest BCUT2D eigenvalue weighted by atomic mass is 10.2. The Morgan fingerprint density at radius 1 is 1.11 bits per heavy atom. The molecule has 0 aliphatic carbocycles. The first-order valence-corrected chi connectivity index (χ1v) is 6.36. The molecular weight excluding hydrogens is 248 g/mol. The van der Waals surface area contributed by atoms with Gasteiger partial charge in [-0.1, -0.05) is 36.4 Å². The summed E-state index contributed by atoms with van der Waals surface area (Å²) >= 11 is 1.42. The quantitative estimate of drug-likeness (QED) is 0.395. The molecule has 0 bridgehead atoms. The van der Waals surface area contributed by atoms with Gasteiger partial charge in [0.1, 0.15) is 5.69 Å². The van der Waals surface area contributed by atoms with Gasteiger partial charge in [0.2, 0.25) is 0 Å². The summed E-state index contributed by atoms with van der Waals surface area (Å²) in [5.74, 6) is 0.686. The number of thioether (sulfide) groups is 1. The standard InChI is InChI=1S/C13H12N2O2S/c14-11-7-4-8-12(13(11)15(16)17)18-9-10-5-2-1-3-6-10/h1-8H,9,14H2. The molecule has 0 aliphatic rings. The third-order valence-electron chi connectivity index (χ3n) is 2.45. The first-order chi connectivity index (χ1) is 8.68. The van der Waals surface area contributed by atoms with Crippen molar-refractivity contribution in [1.82, 2.24) is 0 Å². The summed E-state index contributed by atoms with van der Waals surface area (Å²) in [6.07, 6.45) is 0. The summed E-state index contributed by atoms with van der Waals surface area (Å²) in [5, 5.41) is 11.0. The van der Waals surface area contributed by atoms with E-state index in [4.69, 9.17) is 5.73 Å². The lowest BCUT2D eigenvalue weighted by Gasteiger charge is -2.05. The maximum Gasteiger partial charge on any atom is 0.305 e. The molecule has 0 radical (unpaired) electrons. The fourth-order valence-electron chi connectivity index (χ4n) is 1.59. The monoisotopic (exact) mass is 260 g/mol. The minimum Gasteiger partial charge on any atom is -0.393 e. The first kappa shape index (κ1) is 12.4. The van der Waals surface area contributed by atoms with E-state index in [1.165, 1.54) is 11.8 Å².